The maximum absolute atomic E-state index is 13.0. The highest BCUT2D eigenvalue weighted by atomic mass is 32.2. The summed E-state index contributed by atoms with van der Waals surface area (Å²) in [5.74, 6) is 3.13. The first-order chi connectivity index (χ1) is 14.2. The molecule has 2 aromatic heterocycles. The maximum Gasteiger partial charge on any atom is 0.308 e. The lowest BCUT2D eigenvalue weighted by Crippen LogP contribution is -2.43. The Morgan fingerprint density at radius 2 is 2.03 bits per heavy atom. The number of amides is 1. The molecule has 1 amide bonds. The van der Waals surface area contributed by atoms with Gasteiger partial charge in [-0.15, -0.1) is 11.8 Å². The lowest BCUT2D eigenvalue weighted by atomic mass is 9.77. The summed E-state index contributed by atoms with van der Waals surface area (Å²) in [7, 11) is 0. The molecule has 2 bridgehead atoms. The van der Waals surface area contributed by atoms with E-state index < -0.39 is 0 Å². The number of carbonyl (C=O) groups excluding carboxylic acids is 1. The van der Waals surface area contributed by atoms with Crippen molar-refractivity contribution in [3.8, 4) is 0 Å². The van der Waals surface area contributed by atoms with E-state index in [0.717, 1.165) is 27.5 Å². The smallest absolute Gasteiger partial charge is 0.308 e. The first kappa shape index (κ1) is 18.3. The van der Waals surface area contributed by atoms with Crippen LogP contribution < -0.4 is 4.87 Å². The molecule has 0 aromatic carbocycles. The Balaban J connectivity index is 1.39. The minimum Gasteiger partial charge on any atom is -0.469 e. The predicted octanol–water partition coefficient (Wildman–Crippen LogP) is 3.01. The van der Waals surface area contributed by atoms with Gasteiger partial charge in [-0.2, -0.15) is 0 Å². The van der Waals surface area contributed by atoms with Gasteiger partial charge in [0.05, 0.1) is 35.3 Å². The van der Waals surface area contributed by atoms with E-state index in [1.165, 1.54) is 30.6 Å². The average Bonchev–Trinajstić information content (AvgIpc) is 3.53. The second-order valence-corrected chi connectivity index (χ2v) is 10.8. The van der Waals surface area contributed by atoms with Crippen LogP contribution in [0.3, 0.4) is 0 Å². The van der Waals surface area contributed by atoms with Crippen LogP contribution in [0.2, 0.25) is 0 Å². The van der Waals surface area contributed by atoms with Gasteiger partial charge in [0, 0.05) is 18.3 Å². The van der Waals surface area contributed by atoms with E-state index >= 15 is 0 Å². The average molecular weight is 433 g/mol. The van der Waals surface area contributed by atoms with Crippen LogP contribution in [0.5, 0.6) is 0 Å². The van der Waals surface area contributed by atoms with Crippen molar-refractivity contribution in [2.24, 2.45) is 17.8 Å². The van der Waals surface area contributed by atoms with Crippen LogP contribution in [0.15, 0.2) is 32.6 Å². The summed E-state index contributed by atoms with van der Waals surface area (Å²) in [6.07, 6.45) is 5.62. The topological polar surface area (TPSA) is 64.7 Å². The first-order valence-corrected chi connectivity index (χ1v) is 12.2. The van der Waals surface area contributed by atoms with Crippen molar-refractivity contribution in [2.45, 2.75) is 42.0 Å². The quantitative estimate of drug-likeness (QED) is 0.746. The Morgan fingerprint density at radius 3 is 2.83 bits per heavy atom. The summed E-state index contributed by atoms with van der Waals surface area (Å²) in [6, 6.07) is 4.00. The molecule has 5 atom stereocenters. The van der Waals surface area contributed by atoms with E-state index in [9.17, 15) is 9.59 Å². The van der Waals surface area contributed by atoms with E-state index in [1.54, 1.807) is 10.8 Å². The molecule has 6 rings (SSSR count). The summed E-state index contributed by atoms with van der Waals surface area (Å²) in [4.78, 5) is 28.7. The Bertz CT molecular complexity index is 975. The molecule has 4 aliphatic rings. The van der Waals surface area contributed by atoms with Gasteiger partial charge in [-0.3, -0.25) is 14.2 Å². The van der Waals surface area contributed by atoms with E-state index in [-0.39, 0.29) is 23.2 Å². The number of morpholine rings is 1. The van der Waals surface area contributed by atoms with Crippen LogP contribution in [0.1, 0.15) is 35.8 Å². The fourth-order valence-corrected chi connectivity index (χ4v) is 9.05. The molecule has 0 N–H and O–H groups in total. The van der Waals surface area contributed by atoms with Crippen LogP contribution >= 0.6 is 23.1 Å². The fraction of sp³-hybridized carbons (Fsp3) is 0.619. The molecule has 6 nitrogen and oxygen atoms in total. The Labute approximate surface area is 177 Å². The number of furan rings is 1. The van der Waals surface area contributed by atoms with Crippen LogP contribution in [-0.2, 0) is 16.1 Å². The minimum atomic E-state index is -0.0204. The van der Waals surface area contributed by atoms with Gasteiger partial charge in [0.25, 0.3) is 0 Å². The number of hydrogen-bond acceptors (Lipinski definition) is 6. The molecule has 29 heavy (non-hydrogen) atoms. The van der Waals surface area contributed by atoms with E-state index in [2.05, 4.69) is 6.07 Å². The molecule has 0 spiro atoms. The summed E-state index contributed by atoms with van der Waals surface area (Å²) in [5, 5.41) is 1.53. The van der Waals surface area contributed by atoms with Crippen molar-refractivity contribution in [1.82, 2.24) is 9.47 Å². The van der Waals surface area contributed by atoms with E-state index in [4.69, 9.17) is 9.15 Å². The zero-order valence-corrected chi connectivity index (χ0v) is 17.8. The lowest BCUT2D eigenvalue weighted by Gasteiger charge is -2.39. The SMILES string of the molecule is O=C(Cn1c2c(sc1=O)C(c1ccco1)C1C3CCC(C3)C1S2)N1CCOCC1. The van der Waals surface area contributed by atoms with Gasteiger partial charge in [0.2, 0.25) is 5.91 Å². The zero-order valence-electron chi connectivity index (χ0n) is 16.1. The molecule has 8 heteroatoms. The number of fused-ring (bicyclic) bond motifs is 6. The Morgan fingerprint density at radius 1 is 1.21 bits per heavy atom. The van der Waals surface area contributed by atoms with E-state index in [0.29, 0.717) is 37.5 Å². The highest BCUT2D eigenvalue weighted by Crippen LogP contribution is 2.64. The predicted molar refractivity (Wildman–Crippen MR) is 110 cm³/mol. The summed E-state index contributed by atoms with van der Waals surface area (Å²) in [6.45, 7) is 2.50. The van der Waals surface area contributed by atoms with Crippen molar-refractivity contribution in [3.63, 3.8) is 0 Å². The third-order valence-corrected chi connectivity index (χ3v) is 10.0. The van der Waals surface area contributed by atoms with Crippen LogP contribution in [0.4, 0.5) is 0 Å². The molecule has 154 valence electrons. The largest absolute Gasteiger partial charge is 0.469 e. The monoisotopic (exact) mass is 432 g/mol. The second kappa shape index (κ2) is 7.03. The highest BCUT2D eigenvalue weighted by Gasteiger charge is 2.56. The van der Waals surface area contributed by atoms with Crippen molar-refractivity contribution in [2.75, 3.05) is 26.3 Å². The highest BCUT2D eigenvalue weighted by molar-refractivity contribution is 8.00. The Hall–Kier alpha value is -1.51. The number of rotatable bonds is 3. The molecule has 4 heterocycles. The summed E-state index contributed by atoms with van der Waals surface area (Å²) in [5.41, 5.74) is 0. The molecule has 5 unspecified atom stereocenters. The zero-order chi connectivity index (χ0) is 19.5. The maximum atomic E-state index is 13.0. The standard InChI is InChI=1S/C21H24N2O4S2/c24-15(22-5-8-26-9-6-22)11-23-20-19(29-21(23)25)17(14-2-1-7-27-14)16-12-3-4-13(10-12)18(16)28-20/h1-2,7,12-13,16-18H,3-6,8-11H2. The van der Waals surface area contributed by atoms with Gasteiger partial charge in [0.15, 0.2) is 0 Å². The lowest BCUT2D eigenvalue weighted by molar-refractivity contribution is -0.136. The number of carbonyl (C=O) groups is 1. The van der Waals surface area contributed by atoms with Gasteiger partial charge < -0.3 is 14.1 Å². The minimum absolute atomic E-state index is 0.0150. The van der Waals surface area contributed by atoms with Gasteiger partial charge >= 0.3 is 4.87 Å². The van der Waals surface area contributed by atoms with Crippen molar-refractivity contribution >= 4 is 29.0 Å². The van der Waals surface area contributed by atoms with Gasteiger partial charge in [-0.25, -0.2) is 0 Å². The van der Waals surface area contributed by atoms with Crippen molar-refractivity contribution in [1.29, 1.82) is 0 Å². The Kier molecular flexibility index (Phi) is 4.43. The van der Waals surface area contributed by atoms with Crippen LogP contribution in [-0.4, -0.2) is 46.9 Å². The van der Waals surface area contributed by atoms with Gasteiger partial charge in [-0.05, 0) is 49.1 Å². The first-order valence-electron chi connectivity index (χ1n) is 10.5. The third-order valence-electron chi connectivity index (χ3n) is 7.20. The van der Waals surface area contributed by atoms with Crippen molar-refractivity contribution in [3.05, 3.63) is 38.7 Å². The fourth-order valence-electron chi connectivity index (χ4n) is 5.92. The molecule has 1 saturated heterocycles. The number of hydrogen-bond donors (Lipinski definition) is 0. The number of nitrogens with zero attached hydrogens (tertiary/aromatic N) is 2. The van der Waals surface area contributed by atoms with Crippen molar-refractivity contribution < 1.29 is 13.9 Å². The van der Waals surface area contributed by atoms with Gasteiger partial charge in [-0.1, -0.05) is 11.3 Å². The third kappa shape index (κ3) is 2.86. The number of aromatic nitrogens is 1. The van der Waals surface area contributed by atoms with Gasteiger partial charge in [0.1, 0.15) is 12.3 Å². The summed E-state index contributed by atoms with van der Waals surface area (Å²) < 4.78 is 13.0. The molecule has 3 fully saturated rings. The molecule has 2 saturated carbocycles. The molecule has 2 aliphatic carbocycles. The number of ether oxygens (including phenoxy) is 1. The molecule has 0 radical (unpaired) electrons. The van der Waals surface area contributed by atoms with Crippen LogP contribution in [0.25, 0.3) is 0 Å². The number of thiazole rings is 1. The number of thioether (sulfide) groups is 1. The molecule has 2 aromatic rings. The molecule has 2 aliphatic heterocycles. The van der Waals surface area contributed by atoms with E-state index in [1.807, 2.05) is 22.7 Å². The normalized spacial score (nSPS) is 33.0. The molecular formula is C21H24N2O4S2. The summed E-state index contributed by atoms with van der Waals surface area (Å²) >= 11 is 3.18. The van der Waals surface area contributed by atoms with Crippen LogP contribution in [0, 0.1) is 17.8 Å². The molecular weight excluding hydrogens is 408 g/mol. The second-order valence-electron chi connectivity index (χ2n) is 8.60.